The molecule has 5 nitrogen and oxygen atoms in total. The number of benzene rings is 2. The Balaban J connectivity index is 1.79. The SMILES string of the molecule is O=C(Nc1cc(Cl)ccc1OCC(F)(F)F)c1ccn(-c2cccc(Cl)c2)n1. The number of alkyl halides is 3. The Morgan fingerprint density at radius 3 is 2.57 bits per heavy atom. The number of hydrogen-bond acceptors (Lipinski definition) is 3. The van der Waals surface area contributed by atoms with Crippen LogP contribution in [0.3, 0.4) is 0 Å². The number of nitrogens with zero attached hydrogens (tertiary/aromatic N) is 2. The maximum absolute atomic E-state index is 12.5. The van der Waals surface area contributed by atoms with Gasteiger partial charge in [0.05, 0.1) is 11.4 Å². The van der Waals surface area contributed by atoms with E-state index in [9.17, 15) is 18.0 Å². The molecular formula is C18H12Cl2F3N3O2. The van der Waals surface area contributed by atoms with Crippen LogP contribution in [-0.4, -0.2) is 28.5 Å². The van der Waals surface area contributed by atoms with Gasteiger partial charge >= 0.3 is 6.18 Å². The molecule has 1 amide bonds. The summed E-state index contributed by atoms with van der Waals surface area (Å²) in [6, 6.07) is 12.2. The molecule has 0 fully saturated rings. The summed E-state index contributed by atoms with van der Waals surface area (Å²) in [5.41, 5.74) is 0.685. The molecule has 3 aromatic rings. The number of halogens is 5. The van der Waals surface area contributed by atoms with Crippen molar-refractivity contribution >= 4 is 34.8 Å². The van der Waals surface area contributed by atoms with Gasteiger partial charge in [-0.3, -0.25) is 4.79 Å². The quantitative estimate of drug-likeness (QED) is 0.592. The highest BCUT2D eigenvalue weighted by Gasteiger charge is 2.29. The molecule has 0 spiro atoms. The highest BCUT2D eigenvalue weighted by Crippen LogP contribution is 2.30. The highest BCUT2D eigenvalue weighted by atomic mass is 35.5. The largest absolute Gasteiger partial charge is 0.482 e. The van der Waals surface area contributed by atoms with Crippen molar-refractivity contribution in [2.24, 2.45) is 0 Å². The lowest BCUT2D eigenvalue weighted by Crippen LogP contribution is -2.20. The summed E-state index contributed by atoms with van der Waals surface area (Å²) in [5, 5.41) is 7.34. The second-order valence-corrected chi connectivity index (χ2v) is 6.50. The molecule has 1 heterocycles. The molecule has 0 saturated heterocycles. The zero-order valence-electron chi connectivity index (χ0n) is 14.0. The predicted octanol–water partition coefficient (Wildman–Crippen LogP) is 5.37. The van der Waals surface area contributed by atoms with Gasteiger partial charge in [0.1, 0.15) is 5.75 Å². The predicted molar refractivity (Wildman–Crippen MR) is 99.5 cm³/mol. The maximum Gasteiger partial charge on any atom is 0.422 e. The van der Waals surface area contributed by atoms with Crippen LogP contribution in [0.1, 0.15) is 10.5 Å². The first-order chi connectivity index (χ1) is 13.2. The van der Waals surface area contributed by atoms with Crippen LogP contribution in [0.5, 0.6) is 5.75 Å². The lowest BCUT2D eigenvalue weighted by molar-refractivity contribution is -0.153. The standard InChI is InChI=1S/C18H12Cl2F3N3O2/c19-11-2-1-3-13(8-11)26-7-6-14(25-26)17(27)24-15-9-12(20)4-5-16(15)28-10-18(21,22)23/h1-9H,10H2,(H,24,27). The second-order valence-electron chi connectivity index (χ2n) is 5.62. The number of aromatic nitrogens is 2. The summed E-state index contributed by atoms with van der Waals surface area (Å²) in [6.07, 6.45) is -2.96. The average Bonchev–Trinajstić information content (AvgIpc) is 3.10. The Labute approximate surface area is 167 Å². The molecule has 3 rings (SSSR count). The number of hydrogen-bond donors (Lipinski definition) is 1. The molecule has 1 aromatic heterocycles. The van der Waals surface area contributed by atoms with E-state index in [4.69, 9.17) is 27.9 Å². The third-order valence-electron chi connectivity index (χ3n) is 3.48. The fourth-order valence-electron chi connectivity index (χ4n) is 2.28. The second kappa shape index (κ2) is 8.12. The van der Waals surface area contributed by atoms with Gasteiger partial charge in [0.2, 0.25) is 0 Å². The Morgan fingerprint density at radius 1 is 1.11 bits per heavy atom. The number of amides is 1. The molecule has 146 valence electrons. The minimum atomic E-state index is -4.52. The zero-order chi connectivity index (χ0) is 20.3. The average molecular weight is 430 g/mol. The number of nitrogens with one attached hydrogen (secondary N) is 1. The van der Waals surface area contributed by atoms with Gasteiger partial charge < -0.3 is 10.1 Å². The van der Waals surface area contributed by atoms with Crippen molar-refractivity contribution in [3.05, 3.63) is 70.5 Å². The van der Waals surface area contributed by atoms with Crippen LogP contribution in [0.4, 0.5) is 18.9 Å². The van der Waals surface area contributed by atoms with Gasteiger partial charge in [-0.25, -0.2) is 4.68 Å². The zero-order valence-corrected chi connectivity index (χ0v) is 15.5. The fourth-order valence-corrected chi connectivity index (χ4v) is 2.64. The number of rotatable bonds is 5. The van der Waals surface area contributed by atoms with Crippen LogP contribution >= 0.6 is 23.2 Å². The van der Waals surface area contributed by atoms with Crippen molar-refractivity contribution in [1.29, 1.82) is 0 Å². The molecule has 1 N–H and O–H groups in total. The van der Waals surface area contributed by atoms with E-state index in [1.807, 2.05) is 0 Å². The summed E-state index contributed by atoms with van der Waals surface area (Å²) >= 11 is 11.8. The summed E-state index contributed by atoms with van der Waals surface area (Å²) in [6.45, 7) is -1.50. The van der Waals surface area contributed by atoms with E-state index in [1.165, 1.54) is 28.9 Å². The first kappa shape index (κ1) is 20.0. The van der Waals surface area contributed by atoms with Crippen LogP contribution in [0.25, 0.3) is 5.69 Å². The van der Waals surface area contributed by atoms with E-state index in [-0.39, 0.29) is 22.2 Å². The molecule has 0 saturated carbocycles. The van der Waals surface area contributed by atoms with Crippen LogP contribution in [0.15, 0.2) is 54.7 Å². The lowest BCUT2D eigenvalue weighted by atomic mass is 10.2. The van der Waals surface area contributed by atoms with E-state index in [0.717, 1.165) is 0 Å². The van der Waals surface area contributed by atoms with E-state index < -0.39 is 18.7 Å². The van der Waals surface area contributed by atoms with Crippen LogP contribution in [0.2, 0.25) is 10.0 Å². The van der Waals surface area contributed by atoms with E-state index >= 15 is 0 Å². The van der Waals surface area contributed by atoms with Gasteiger partial charge in [-0.05, 0) is 42.5 Å². The molecule has 0 unspecified atom stereocenters. The van der Waals surface area contributed by atoms with Gasteiger partial charge in [-0.1, -0.05) is 29.3 Å². The van der Waals surface area contributed by atoms with Crippen LogP contribution in [-0.2, 0) is 0 Å². The van der Waals surface area contributed by atoms with Gasteiger partial charge in [-0.2, -0.15) is 18.3 Å². The van der Waals surface area contributed by atoms with Gasteiger partial charge in [-0.15, -0.1) is 0 Å². The Kier molecular flexibility index (Phi) is 5.81. The van der Waals surface area contributed by atoms with Crippen LogP contribution < -0.4 is 10.1 Å². The van der Waals surface area contributed by atoms with Crippen molar-refractivity contribution in [2.75, 3.05) is 11.9 Å². The molecule has 0 bridgehead atoms. The van der Waals surface area contributed by atoms with E-state index in [2.05, 4.69) is 10.4 Å². The number of ether oxygens (including phenoxy) is 1. The monoisotopic (exact) mass is 429 g/mol. The molecule has 0 aliphatic rings. The number of carbonyl (C=O) groups excluding carboxylic acids is 1. The van der Waals surface area contributed by atoms with E-state index in [1.54, 1.807) is 30.5 Å². The molecule has 0 aliphatic carbocycles. The highest BCUT2D eigenvalue weighted by molar-refractivity contribution is 6.31. The molecule has 0 radical (unpaired) electrons. The molecule has 2 aromatic carbocycles. The topological polar surface area (TPSA) is 56.1 Å². The third-order valence-corrected chi connectivity index (χ3v) is 3.95. The summed E-state index contributed by atoms with van der Waals surface area (Å²) in [7, 11) is 0. The maximum atomic E-state index is 12.5. The van der Waals surface area contributed by atoms with E-state index in [0.29, 0.717) is 10.7 Å². The first-order valence-electron chi connectivity index (χ1n) is 7.83. The Hall–Kier alpha value is -2.71. The normalized spacial score (nSPS) is 11.3. The molecule has 0 aliphatic heterocycles. The molecular weight excluding hydrogens is 418 g/mol. The van der Waals surface area contributed by atoms with Gasteiger partial charge in [0.15, 0.2) is 12.3 Å². The minimum absolute atomic E-state index is 0.000874. The smallest absolute Gasteiger partial charge is 0.422 e. The third kappa shape index (κ3) is 5.17. The summed E-state index contributed by atoms with van der Waals surface area (Å²) in [4.78, 5) is 12.5. The van der Waals surface area contributed by atoms with Crippen molar-refractivity contribution in [1.82, 2.24) is 9.78 Å². The summed E-state index contributed by atoms with van der Waals surface area (Å²) in [5.74, 6) is -0.802. The lowest BCUT2D eigenvalue weighted by Gasteiger charge is -2.13. The number of anilines is 1. The molecule has 10 heteroatoms. The van der Waals surface area contributed by atoms with Gasteiger partial charge in [0.25, 0.3) is 5.91 Å². The van der Waals surface area contributed by atoms with Crippen molar-refractivity contribution in [2.45, 2.75) is 6.18 Å². The number of carbonyl (C=O) groups is 1. The first-order valence-corrected chi connectivity index (χ1v) is 8.59. The Bertz CT molecular complexity index is 1010. The molecule has 28 heavy (non-hydrogen) atoms. The van der Waals surface area contributed by atoms with Crippen molar-refractivity contribution < 1.29 is 22.7 Å². The fraction of sp³-hybridized carbons (Fsp3) is 0.111. The van der Waals surface area contributed by atoms with Crippen molar-refractivity contribution in [3.63, 3.8) is 0 Å². The minimum Gasteiger partial charge on any atom is -0.482 e. The van der Waals surface area contributed by atoms with Crippen molar-refractivity contribution in [3.8, 4) is 11.4 Å². The van der Waals surface area contributed by atoms with Gasteiger partial charge in [0, 0.05) is 16.2 Å². The Morgan fingerprint density at radius 2 is 1.86 bits per heavy atom. The molecule has 0 atom stereocenters. The summed E-state index contributed by atoms with van der Waals surface area (Å²) < 4.78 is 43.4. The van der Waals surface area contributed by atoms with Crippen LogP contribution in [0, 0.1) is 0 Å².